The second kappa shape index (κ2) is 11.9. The molecule has 38 heavy (non-hydrogen) atoms. The molecule has 0 fully saturated rings. The number of thioether (sulfide) groups is 1. The fourth-order valence-corrected chi connectivity index (χ4v) is 6.11. The number of hydrogen-bond donors (Lipinski definition) is 1. The van der Waals surface area contributed by atoms with Gasteiger partial charge >= 0.3 is 0 Å². The second-order valence-electron chi connectivity index (χ2n) is 8.21. The van der Waals surface area contributed by atoms with Gasteiger partial charge in [0, 0.05) is 27.0 Å². The van der Waals surface area contributed by atoms with E-state index in [1.54, 1.807) is 29.8 Å². The van der Waals surface area contributed by atoms with Crippen molar-refractivity contribution in [1.82, 2.24) is 25.1 Å². The number of amides is 1. The third-order valence-corrected chi connectivity index (χ3v) is 8.38. The molecule has 0 saturated heterocycles. The van der Waals surface area contributed by atoms with Crippen molar-refractivity contribution in [3.8, 4) is 17.3 Å². The van der Waals surface area contributed by atoms with Crippen molar-refractivity contribution in [3.05, 3.63) is 97.1 Å². The van der Waals surface area contributed by atoms with Gasteiger partial charge in [0.2, 0.25) is 5.82 Å². The molecular formula is C26H20Cl3N5O2S2. The summed E-state index contributed by atoms with van der Waals surface area (Å²) in [6, 6.07) is 14.6. The van der Waals surface area contributed by atoms with Crippen molar-refractivity contribution in [1.29, 1.82) is 0 Å². The third kappa shape index (κ3) is 6.08. The fraction of sp³-hybridized carbons (Fsp3) is 0.154. The van der Waals surface area contributed by atoms with Crippen LogP contribution in [0.3, 0.4) is 0 Å². The van der Waals surface area contributed by atoms with Crippen molar-refractivity contribution in [2.45, 2.75) is 24.3 Å². The number of benzene rings is 2. The number of nitrogens with one attached hydrogen (secondary N) is 1. The first-order chi connectivity index (χ1) is 18.4. The Morgan fingerprint density at radius 2 is 1.92 bits per heavy atom. The lowest BCUT2D eigenvalue weighted by Gasteiger charge is -2.12. The first-order valence-electron chi connectivity index (χ1n) is 11.4. The van der Waals surface area contributed by atoms with Crippen LogP contribution in [0.5, 0.6) is 0 Å². The fourth-order valence-electron chi connectivity index (χ4n) is 3.70. The zero-order chi connectivity index (χ0) is 26.6. The minimum absolute atomic E-state index is 0.236. The molecule has 7 nitrogen and oxygen atoms in total. The number of thiazole rings is 1. The smallest absolute Gasteiger partial charge is 0.270 e. The van der Waals surface area contributed by atoms with E-state index >= 15 is 0 Å². The summed E-state index contributed by atoms with van der Waals surface area (Å²) in [6.45, 7) is 2.43. The van der Waals surface area contributed by atoms with Crippen LogP contribution < -0.4 is 5.32 Å². The van der Waals surface area contributed by atoms with Crippen LogP contribution in [-0.2, 0) is 12.2 Å². The van der Waals surface area contributed by atoms with Gasteiger partial charge in [-0.25, -0.2) is 4.98 Å². The Morgan fingerprint density at radius 1 is 1.11 bits per heavy atom. The van der Waals surface area contributed by atoms with E-state index in [0.717, 1.165) is 21.8 Å². The SMILES string of the molecule is Cc1ccc(Cl)cc1-n1c(SCc2nc(C(=O)NCCc3ccc(Cl)cc3Cl)cs2)nnc1-c1ccco1. The number of carbonyl (C=O) groups excluding carboxylic acids is 1. The lowest BCUT2D eigenvalue weighted by atomic mass is 10.1. The Bertz CT molecular complexity index is 1580. The number of rotatable bonds is 9. The highest BCUT2D eigenvalue weighted by atomic mass is 35.5. The van der Waals surface area contributed by atoms with Gasteiger partial charge in [-0.2, -0.15) is 0 Å². The molecule has 1 amide bonds. The molecule has 5 aromatic rings. The Kier molecular flexibility index (Phi) is 8.40. The molecule has 0 spiro atoms. The molecule has 5 rings (SSSR count). The molecule has 0 aliphatic carbocycles. The maximum absolute atomic E-state index is 12.6. The standard InChI is InChI=1S/C26H20Cl3N5O2S2/c1-15-4-6-18(28)12-21(15)34-24(22-3-2-10-36-22)32-33-26(34)38-14-23-31-20(13-37-23)25(35)30-9-8-16-5-7-17(27)11-19(16)29/h2-7,10-13H,8-9,14H2,1H3,(H,30,35). The van der Waals surface area contributed by atoms with Gasteiger partial charge in [0.15, 0.2) is 10.9 Å². The zero-order valence-electron chi connectivity index (χ0n) is 20.0. The van der Waals surface area contributed by atoms with Gasteiger partial charge in [0.05, 0.1) is 17.7 Å². The minimum atomic E-state index is -0.236. The molecular weight excluding hydrogens is 585 g/mol. The summed E-state index contributed by atoms with van der Waals surface area (Å²) >= 11 is 21.4. The van der Waals surface area contributed by atoms with Gasteiger partial charge in [-0.3, -0.25) is 9.36 Å². The van der Waals surface area contributed by atoms with E-state index in [-0.39, 0.29) is 5.91 Å². The van der Waals surface area contributed by atoms with Crippen LogP contribution >= 0.6 is 57.9 Å². The summed E-state index contributed by atoms with van der Waals surface area (Å²) in [7, 11) is 0. The maximum atomic E-state index is 12.6. The van der Waals surface area contributed by atoms with Crippen LogP contribution in [0.25, 0.3) is 17.3 Å². The van der Waals surface area contributed by atoms with Crippen molar-refractivity contribution in [3.63, 3.8) is 0 Å². The van der Waals surface area contributed by atoms with E-state index in [0.29, 0.717) is 56.2 Å². The van der Waals surface area contributed by atoms with Crippen molar-refractivity contribution in [2.75, 3.05) is 6.54 Å². The highest BCUT2D eigenvalue weighted by molar-refractivity contribution is 7.98. The van der Waals surface area contributed by atoms with Crippen LogP contribution in [0.2, 0.25) is 15.1 Å². The van der Waals surface area contributed by atoms with E-state index in [2.05, 4.69) is 20.5 Å². The first-order valence-corrected chi connectivity index (χ1v) is 14.4. The summed E-state index contributed by atoms with van der Waals surface area (Å²) in [4.78, 5) is 17.1. The van der Waals surface area contributed by atoms with Gasteiger partial charge < -0.3 is 9.73 Å². The normalized spacial score (nSPS) is 11.2. The van der Waals surface area contributed by atoms with Gasteiger partial charge in [0.1, 0.15) is 10.7 Å². The number of nitrogens with zero attached hydrogens (tertiary/aromatic N) is 4. The zero-order valence-corrected chi connectivity index (χ0v) is 23.9. The predicted molar refractivity (Wildman–Crippen MR) is 153 cm³/mol. The Labute approximate surface area is 242 Å². The number of aryl methyl sites for hydroxylation is 1. The lowest BCUT2D eigenvalue weighted by molar-refractivity contribution is 0.0949. The Hall–Kier alpha value is -2.82. The van der Waals surface area contributed by atoms with Crippen molar-refractivity contribution >= 4 is 63.8 Å². The van der Waals surface area contributed by atoms with Crippen LogP contribution in [0, 0.1) is 6.92 Å². The lowest BCUT2D eigenvalue weighted by Crippen LogP contribution is -2.26. The predicted octanol–water partition coefficient (Wildman–Crippen LogP) is 7.52. The number of furan rings is 1. The van der Waals surface area contributed by atoms with Crippen LogP contribution in [0.4, 0.5) is 0 Å². The molecule has 0 radical (unpaired) electrons. The first kappa shape index (κ1) is 26.8. The van der Waals surface area contributed by atoms with E-state index in [1.165, 1.54) is 23.1 Å². The average Bonchev–Trinajstić information content (AvgIpc) is 3.66. The molecule has 12 heteroatoms. The van der Waals surface area contributed by atoms with Gasteiger partial charge in [-0.1, -0.05) is 58.7 Å². The topological polar surface area (TPSA) is 85.8 Å². The largest absolute Gasteiger partial charge is 0.461 e. The summed E-state index contributed by atoms with van der Waals surface area (Å²) in [6.07, 6.45) is 2.18. The minimum Gasteiger partial charge on any atom is -0.461 e. The summed E-state index contributed by atoms with van der Waals surface area (Å²) in [5, 5.41) is 16.6. The van der Waals surface area contributed by atoms with Gasteiger partial charge in [-0.05, 0) is 60.9 Å². The van der Waals surface area contributed by atoms with E-state index < -0.39 is 0 Å². The van der Waals surface area contributed by atoms with E-state index in [1.807, 2.05) is 41.8 Å². The summed E-state index contributed by atoms with van der Waals surface area (Å²) in [5.41, 5.74) is 3.16. The number of halogens is 3. The van der Waals surface area contributed by atoms with Crippen LogP contribution in [0.15, 0.2) is 69.7 Å². The van der Waals surface area contributed by atoms with Crippen molar-refractivity contribution in [2.24, 2.45) is 0 Å². The molecule has 194 valence electrons. The molecule has 1 N–H and O–H groups in total. The second-order valence-corrected chi connectivity index (χ2v) is 11.4. The van der Waals surface area contributed by atoms with Gasteiger partial charge in [0.25, 0.3) is 5.91 Å². The molecule has 0 atom stereocenters. The molecule has 0 bridgehead atoms. The molecule has 0 aliphatic heterocycles. The van der Waals surface area contributed by atoms with Crippen LogP contribution in [-0.4, -0.2) is 32.2 Å². The monoisotopic (exact) mass is 603 g/mol. The van der Waals surface area contributed by atoms with Crippen LogP contribution in [0.1, 0.15) is 26.6 Å². The molecule has 0 unspecified atom stereocenters. The Balaban J connectivity index is 1.27. The number of aromatic nitrogens is 4. The maximum Gasteiger partial charge on any atom is 0.270 e. The highest BCUT2D eigenvalue weighted by Crippen LogP contribution is 2.33. The molecule has 3 heterocycles. The highest BCUT2D eigenvalue weighted by Gasteiger charge is 2.20. The average molecular weight is 605 g/mol. The molecule has 0 aliphatic rings. The summed E-state index contributed by atoms with van der Waals surface area (Å²) < 4.78 is 7.52. The molecule has 0 saturated carbocycles. The van der Waals surface area contributed by atoms with Gasteiger partial charge in [-0.15, -0.1) is 21.5 Å². The van der Waals surface area contributed by atoms with E-state index in [4.69, 9.17) is 39.2 Å². The summed E-state index contributed by atoms with van der Waals surface area (Å²) in [5.74, 6) is 1.44. The number of carbonyl (C=O) groups is 1. The molecule has 3 aromatic heterocycles. The number of hydrogen-bond acceptors (Lipinski definition) is 7. The third-order valence-electron chi connectivity index (χ3n) is 5.59. The molecule has 2 aromatic carbocycles. The van der Waals surface area contributed by atoms with E-state index in [9.17, 15) is 4.79 Å². The Morgan fingerprint density at radius 3 is 2.71 bits per heavy atom. The van der Waals surface area contributed by atoms with Crippen molar-refractivity contribution < 1.29 is 9.21 Å². The quantitative estimate of drug-likeness (QED) is 0.175.